The first-order chi connectivity index (χ1) is 13.6. The van der Waals surface area contributed by atoms with Crippen molar-refractivity contribution in [2.45, 2.75) is 25.0 Å². The Balaban J connectivity index is 1.89. The first-order valence-corrected chi connectivity index (χ1v) is 9.34. The van der Waals surface area contributed by atoms with Gasteiger partial charge in [-0.15, -0.1) is 0 Å². The second-order valence-corrected chi connectivity index (χ2v) is 7.02. The Morgan fingerprint density at radius 2 is 1.46 bits per heavy atom. The standard InChI is InChI=1S/C24H22N2O2/c1-18-25-24(23(27)28,21-15-9-4-10-16-21)22(20-13-7-3-8-14-20)26(18)17-19-11-5-2-6-12-19/h2-16,22H,17H2,1H3,(H,27,28)/t22-,24+/m0/s1. The molecule has 0 saturated carbocycles. The lowest BCUT2D eigenvalue weighted by Crippen LogP contribution is -2.43. The van der Waals surface area contributed by atoms with Crippen LogP contribution in [0.2, 0.25) is 0 Å². The molecule has 140 valence electrons. The first-order valence-electron chi connectivity index (χ1n) is 9.34. The first kappa shape index (κ1) is 18.0. The number of carboxylic acids is 1. The van der Waals surface area contributed by atoms with E-state index in [1.54, 1.807) is 0 Å². The molecule has 0 spiro atoms. The van der Waals surface area contributed by atoms with Crippen LogP contribution in [-0.2, 0) is 16.9 Å². The summed E-state index contributed by atoms with van der Waals surface area (Å²) >= 11 is 0. The Morgan fingerprint density at radius 1 is 0.929 bits per heavy atom. The number of carbonyl (C=O) groups is 1. The summed E-state index contributed by atoms with van der Waals surface area (Å²) in [6.45, 7) is 2.49. The Hall–Kier alpha value is -3.40. The second kappa shape index (κ2) is 7.31. The van der Waals surface area contributed by atoms with Crippen LogP contribution in [0.5, 0.6) is 0 Å². The summed E-state index contributed by atoms with van der Waals surface area (Å²) in [6, 6.07) is 28.8. The molecule has 0 unspecified atom stereocenters. The number of hydrogen-bond acceptors (Lipinski definition) is 3. The van der Waals surface area contributed by atoms with Gasteiger partial charge in [0, 0.05) is 6.54 Å². The van der Waals surface area contributed by atoms with E-state index in [1.165, 1.54) is 0 Å². The molecule has 4 heteroatoms. The average molecular weight is 370 g/mol. The van der Waals surface area contributed by atoms with Crippen LogP contribution in [0, 0.1) is 0 Å². The van der Waals surface area contributed by atoms with Crippen LogP contribution in [0.1, 0.15) is 29.7 Å². The van der Waals surface area contributed by atoms with E-state index in [1.807, 2.05) is 85.8 Å². The van der Waals surface area contributed by atoms with Crippen molar-refractivity contribution in [2.75, 3.05) is 0 Å². The van der Waals surface area contributed by atoms with Crippen molar-refractivity contribution in [1.29, 1.82) is 0 Å². The number of carboxylic acid groups (broad SMARTS) is 1. The molecule has 0 radical (unpaired) electrons. The molecule has 0 bridgehead atoms. The lowest BCUT2D eigenvalue weighted by atomic mass is 9.80. The predicted octanol–water partition coefficient (Wildman–Crippen LogP) is 4.64. The van der Waals surface area contributed by atoms with E-state index in [9.17, 15) is 9.90 Å². The quantitative estimate of drug-likeness (QED) is 0.712. The van der Waals surface area contributed by atoms with Gasteiger partial charge in [-0.25, -0.2) is 9.79 Å². The average Bonchev–Trinajstić information content (AvgIpc) is 3.03. The summed E-state index contributed by atoms with van der Waals surface area (Å²) < 4.78 is 0. The van der Waals surface area contributed by atoms with E-state index in [-0.39, 0.29) is 0 Å². The molecule has 2 atom stereocenters. The van der Waals surface area contributed by atoms with Crippen molar-refractivity contribution in [3.63, 3.8) is 0 Å². The zero-order valence-electron chi connectivity index (χ0n) is 15.7. The van der Waals surface area contributed by atoms with Crippen molar-refractivity contribution >= 4 is 11.8 Å². The number of benzene rings is 3. The number of amidine groups is 1. The van der Waals surface area contributed by atoms with Crippen LogP contribution in [-0.4, -0.2) is 21.8 Å². The van der Waals surface area contributed by atoms with Gasteiger partial charge in [0.2, 0.25) is 5.54 Å². The largest absolute Gasteiger partial charge is 0.479 e. The highest BCUT2D eigenvalue weighted by Crippen LogP contribution is 2.48. The van der Waals surface area contributed by atoms with E-state index in [2.05, 4.69) is 17.0 Å². The van der Waals surface area contributed by atoms with Gasteiger partial charge in [-0.1, -0.05) is 91.0 Å². The molecule has 0 saturated heterocycles. The molecule has 4 rings (SSSR count). The van der Waals surface area contributed by atoms with Crippen LogP contribution in [0.3, 0.4) is 0 Å². The molecule has 3 aromatic carbocycles. The summed E-state index contributed by atoms with van der Waals surface area (Å²) in [5, 5.41) is 10.4. The number of hydrogen-bond donors (Lipinski definition) is 1. The van der Waals surface area contributed by atoms with Crippen molar-refractivity contribution in [2.24, 2.45) is 4.99 Å². The maximum atomic E-state index is 12.7. The fraction of sp³-hybridized carbons (Fsp3) is 0.167. The van der Waals surface area contributed by atoms with Gasteiger partial charge >= 0.3 is 5.97 Å². The van der Waals surface area contributed by atoms with E-state index < -0.39 is 17.6 Å². The highest BCUT2D eigenvalue weighted by Gasteiger charge is 2.55. The zero-order chi connectivity index (χ0) is 19.6. The molecule has 1 heterocycles. The van der Waals surface area contributed by atoms with Crippen LogP contribution >= 0.6 is 0 Å². The third kappa shape index (κ3) is 2.97. The number of aliphatic imine (C=N–C) groups is 1. The number of nitrogens with zero attached hydrogens (tertiary/aromatic N) is 2. The Labute approximate surface area is 164 Å². The summed E-state index contributed by atoms with van der Waals surface area (Å²) in [6.07, 6.45) is 0. The summed E-state index contributed by atoms with van der Waals surface area (Å²) in [4.78, 5) is 19.6. The van der Waals surface area contributed by atoms with Crippen molar-refractivity contribution in [3.8, 4) is 0 Å². The van der Waals surface area contributed by atoms with Crippen LogP contribution in [0.15, 0.2) is 96.0 Å². The van der Waals surface area contributed by atoms with E-state index in [0.717, 1.165) is 17.0 Å². The monoisotopic (exact) mass is 370 g/mol. The molecule has 4 nitrogen and oxygen atoms in total. The van der Waals surface area contributed by atoms with Crippen molar-refractivity contribution < 1.29 is 9.90 Å². The van der Waals surface area contributed by atoms with Crippen LogP contribution in [0.25, 0.3) is 0 Å². The Morgan fingerprint density at radius 3 is 2.04 bits per heavy atom. The van der Waals surface area contributed by atoms with Gasteiger partial charge in [0.05, 0.1) is 11.9 Å². The molecule has 0 fully saturated rings. The minimum atomic E-state index is -1.39. The molecular weight excluding hydrogens is 348 g/mol. The van der Waals surface area contributed by atoms with Gasteiger partial charge in [0.1, 0.15) is 0 Å². The molecule has 1 N–H and O–H groups in total. The van der Waals surface area contributed by atoms with Gasteiger partial charge in [0.25, 0.3) is 0 Å². The molecule has 1 aliphatic rings. The molecule has 0 amide bonds. The molecule has 3 aromatic rings. The highest BCUT2D eigenvalue weighted by atomic mass is 16.4. The normalized spacial score (nSPS) is 21.4. The zero-order valence-corrected chi connectivity index (χ0v) is 15.7. The maximum Gasteiger partial charge on any atom is 0.338 e. The van der Waals surface area contributed by atoms with Crippen LogP contribution < -0.4 is 0 Å². The number of rotatable bonds is 5. The van der Waals surface area contributed by atoms with E-state index >= 15 is 0 Å². The Kier molecular flexibility index (Phi) is 4.70. The molecule has 1 aliphatic heterocycles. The third-order valence-corrected chi connectivity index (χ3v) is 5.31. The lowest BCUT2D eigenvalue weighted by molar-refractivity contribution is -0.145. The Bertz CT molecular complexity index is 987. The maximum absolute atomic E-state index is 12.7. The predicted molar refractivity (Wildman–Crippen MR) is 110 cm³/mol. The molecule has 0 aromatic heterocycles. The SMILES string of the molecule is CC1=N[C@](C(=O)O)(c2ccccc2)[C@H](c2ccccc2)N1Cc1ccccc1. The van der Waals surface area contributed by atoms with Crippen LogP contribution in [0.4, 0.5) is 0 Å². The van der Waals surface area contributed by atoms with Crippen molar-refractivity contribution in [3.05, 3.63) is 108 Å². The summed E-state index contributed by atoms with van der Waals surface area (Å²) in [5.74, 6) is -0.216. The minimum Gasteiger partial charge on any atom is -0.479 e. The van der Waals surface area contributed by atoms with Gasteiger partial charge in [-0.3, -0.25) is 0 Å². The summed E-state index contributed by atoms with van der Waals surface area (Å²) in [5.41, 5.74) is 1.35. The fourth-order valence-corrected chi connectivity index (χ4v) is 4.04. The number of aliphatic carboxylic acids is 1. The minimum absolute atomic E-state index is 0.436. The third-order valence-electron chi connectivity index (χ3n) is 5.31. The summed E-state index contributed by atoms with van der Waals surface area (Å²) in [7, 11) is 0. The fourth-order valence-electron chi connectivity index (χ4n) is 4.04. The van der Waals surface area contributed by atoms with Gasteiger partial charge < -0.3 is 10.0 Å². The van der Waals surface area contributed by atoms with E-state index in [0.29, 0.717) is 12.1 Å². The van der Waals surface area contributed by atoms with E-state index in [4.69, 9.17) is 4.99 Å². The second-order valence-electron chi connectivity index (χ2n) is 7.02. The lowest BCUT2D eigenvalue weighted by Gasteiger charge is -2.36. The highest BCUT2D eigenvalue weighted by molar-refractivity contribution is 5.93. The van der Waals surface area contributed by atoms with Gasteiger partial charge in [-0.05, 0) is 23.6 Å². The van der Waals surface area contributed by atoms with Gasteiger partial charge in [0.15, 0.2) is 0 Å². The molecular formula is C24H22N2O2. The van der Waals surface area contributed by atoms with Crippen molar-refractivity contribution in [1.82, 2.24) is 4.90 Å². The van der Waals surface area contributed by atoms with Gasteiger partial charge in [-0.2, -0.15) is 0 Å². The topological polar surface area (TPSA) is 52.9 Å². The molecule has 28 heavy (non-hydrogen) atoms. The molecule has 0 aliphatic carbocycles. The smallest absolute Gasteiger partial charge is 0.338 e.